The molecule has 2 aromatic carbocycles. The predicted octanol–water partition coefficient (Wildman–Crippen LogP) is 6.90. The molecule has 7 heteroatoms. The van der Waals surface area contributed by atoms with E-state index in [-0.39, 0.29) is 6.04 Å². The first-order chi connectivity index (χ1) is 16.3. The van der Waals surface area contributed by atoms with Crippen LogP contribution in [-0.4, -0.2) is 15.3 Å². The van der Waals surface area contributed by atoms with Gasteiger partial charge in [-0.25, -0.2) is 0 Å². The number of nitrogens with zero attached hydrogens (tertiary/aromatic N) is 3. The molecule has 0 saturated carbocycles. The molecule has 0 bridgehead atoms. The average Bonchev–Trinajstić information content (AvgIpc) is 3.46. The summed E-state index contributed by atoms with van der Waals surface area (Å²) in [5.41, 5.74) is 8.85. The fourth-order valence-corrected chi connectivity index (χ4v) is 5.45. The van der Waals surface area contributed by atoms with Crippen LogP contribution in [0.5, 0.6) is 0 Å². The topological polar surface area (TPSA) is 54.2 Å². The molecule has 1 aliphatic heterocycles. The van der Waals surface area contributed by atoms with E-state index in [0.29, 0.717) is 16.8 Å². The lowest BCUT2D eigenvalue weighted by molar-refractivity contribution is 0.404. The van der Waals surface area contributed by atoms with Crippen LogP contribution in [-0.2, 0) is 0 Å². The number of hydrogen-bond donors (Lipinski definition) is 1. The highest BCUT2D eigenvalue weighted by molar-refractivity contribution is 7.80. The van der Waals surface area contributed by atoms with Crippen molar-refractivity contribution >= 4 is 39.9 Å². The summed E-state index contributed by atoms with van der Waals surface area (Å²) >= 11 is 7.49. The number of aryl methyl sites for hydroxylation is 4. The summed E-state index contributed by atoms with van der Waals surface area (Å²) in [6.45, 7) is 10.5. The highest BCUT2D eigenvalue weighted by Gasteiger charge is 2.35. The first kappa shape index (κ1) is 22.5. The Morgan fingerprint density at radius 1 is 0.971 bits per heavy atom. The van der Waals surface area contributed by atoms with Gasteiger partial charge < -0.3 is 9.84 Å². The summed E-state index contributed by atoms with van der Waals surface area (Å²) in [7, 11) is 0. The van der Waals surface area contributed by atoms with Crippen LogP contribution in [0, 0.1) is 27.7 Å². The fraction of sp³-hybridized carbons (Fsp3) is 0.222. The molecule has 1 unspecified atom stereocenters. The third-order valence-electron chi connectivity index (χ3n) is 6.21. The molecular weight excluding hydrogens is 460 g/mol. The molecule has 1 aliphatic rings. The highest BCUT2D eigenvalue weighted by atomic mass is 32.1. The van der Waals surface area contributed by atoms with E-state index in [1.165, 1.54) is 22.3 Å². The smallest absolute Gasteiger partial charge is 0.258 e. The lowest BCUT2D eigenvalue weighted by atomic mass is 9.92. The van der Waals surface area contributed by atoms with Gasteiger partial charge in [0.2, 0.25) is 5.82 Å². The number of rotatable bonds is 4. The number of hydrogen-bond acceptors (Lipinski definition) is 5. The Balaban J connectivity index is 1.69. The molecular formula is C27H26N4OS2. The standard InChI is InChI=1S/C27H26N4OS2/c1-15-11-16(2)13-21(12-15)31-19(5)23(26-29-25(30-32-26)22-7-6-10-34-22)24(28-27(31)33)20-9-8-17(3)18(4)14-20/h6-14,24H,1-5H3,(H,28,33). The zero-order valence-corrected chi connectivity index (χ0v) is 21.5. The third-order valence-corrected chi connectivity index (χ3v) is 7.38. The maximum atomic E-state index is 5.90. The van der Waals surface area contributed by atoms with Crippen molar-refractivity contribution < 1.29 is 4.52 Å². The van der Waals surface area contributed by atoms with Gasteiger partial charge in [0.05, 0.1) is 16.5 Å². The van der Waals surface area contributed by atoms with Crippen LogP contribution < -0.4 is 10.2 Å². The lowest BCUT2D eigenvalue weighted by Gasteiger charge is -2.37. The van der Waals surface area contributed by atoms with E-state index >= 15 is 0 Å². The van der Waals surface area contributed by atoms with E-state index in [1.807, 2.05) is 17.5 Å². The molecule has 0 fully saturated rings. The van der Waals surface area contributed by atoms with Gasteiger partial charge in [0, 0.05) is 11.4 Å². The summed E-state index contributed by atoms with van der Waals surface area (Å²) in [6, 6.07) is 16.7. The van der Waals surface area contributed by atoms with Crippen LogP contribution in [0.4, 0.5) is 5.69 Å². The number of allylic oxidation sites excluding steroid dienone is 1. The molecule has 1 N–H and O–H groups in total. The maximum absolute atomic E-state index is 5.90. The number of aromatic nitrogens is 2. The molecule has 0 radical (unpaired) electrons. The lowest BCUT2D eigenvalue weighted by Crippen LogP contribution is -2.46. The Bertz CT molecular complexity index is 1400. The number of nitrogens with one attached hydrogen (secondary N) is 1. The molecule has 5 rings (SSSR count). The van der Waals surface area contributed by atoms with Crippen molar-refractivity contribution in [2.24, 2.45) is 0 Å². The number of benzene rings is 2. The van der Waals surface area contributed by atoms with Crippen LogP contribution in [0.25, 0.3) is 16.3 Å². The summed E-state index contributed by atoms with van der Waals surface area (Å²) < 4.78 is 5.85. The van der Waals surface area contributed by atoms with Gasteiger partial charge in [-0.05, 0) is 98.2 Å². The first-order valence-electron chi connectivity index (χ1n) is 11.2. The minimum atomic E-state index is -0.203. The Hall–Kier alpha value is -3.29. The van der Waals surface area contributed by atoms with Crippen LogP contribution in [0.1, 0.15) is 46.7 Å². The fourth-order valence-electron chi connectivity index (χ4n) is 4.44. The molecule has 5 nitrogen and oxygen atoms in total. The maximum Gasteiger partial charge on any atom is 0.258 e. The van der Waals surface area contributed by atoms with Crippen LogP contribution >= 0.6 is 23.6 Å². The van der Waals surface area contributed by atoms with Crippen molar-refractivity contribution in [1.29, 1.82) is 0 Å². The van der Waals surface area contributed by atoms with E-state index in [0.717, 1.165) is 27.4 Å². The Morgan fingerprint density at radius 2 is 1.74 bits per heavy atom. The van der Waals surface area contributed by atoms with Crippen molar-refractivity contribution in [2.75, 3.05) is 4.90 Å². The van der Waals surface area contributed by atoms with Gasteiger partial charge in [0.15, 0.2) is 5.11 Å². The summed E-state index contributed by atoms with van der Waals surface area (Å²) in [5.74, 6) is 1.09. The van der Waals surface area contributed by atoms with Gasteiger partial charge in [-0.15, -0.1) is 11.3 Å². The van der Waals surface area contributed by atoms with Gasteiger partial charge in [0.1, 0.15) is 0 Å². The summed E-state index contributed by atoms with van der Waals surface area (Å²) in [5, 5.41) is 10.5. The Kier molecular flexibility index (Phi) is 5.83. The normalized spacial score (nSPS) is 16.2. The quantitative estimate of drug-likeness (QED) is 0.317. The molecule has 34 heavy (non-hydrogen) atoms. The van der Waals surface area contributed by atoms with Crippen LogP contribution in [0.3, 0.4) is 0 Å². The van der Waals surface area contributed by atoms with Crippen molar-refractivity contribution in [3.8, 4) is 10.7 Å². The van der Waals surface area contributed by atoms with Crippen molar-refractivity contribution in [1.82, 2.24) is 15.5 Å². The van der Waals surface area contributed by atoms with E-state index in [4.69, 9.17) is 21.7 Å². The largest absolute Gasteiger partial charge is 0.351 e. The van der Waals surface area contributed by atoms with E-state index < -0.39 is 0 Å². The molecule has 1 atom stereocenters. The van der Waals surface area contributed by atoms with Gasteiger partial charge in [-0.1, -0.05) is 35.5 Å². The molecule has 4 aromatic rings. The van der Waals surface area contributed by atoms with Crippen LogP contribution in [0.15, 0.2) is 64.1 Å². The zero-order valence-electron chi connectivity index (χ0n) is 19.8. The number of thiophene rings is 1. The minimum absolute atomic E-state index is 0.203. The second kappa shape index (κ2) is 8.81. The summed E-state index contributed by atoms with van der Waals surface area (Å²) in [4.78, 5) is 7.84. The number of thiocarbonyl (C=S) groups is 1. The SMILES string of the molecule is CC1=C(c2nc(-c3cccs3)no2)C(c2ccc(C)c(C)c2)NC(=S)N1c1cc(C)cc(C)c1. The summed E-state index contributed by atoms with van der Waals surface area (Å²) in [6.07, 6.45) is 0. The van der Waals surface area contributed by atoms with Crippen molar-refractivity contribution in [3.63, 3.8) is 0 Å². The van der Waals surface area contributed by atoms with Gasteiger partial charge in [0.25, 0.3) is 5.89 Å². The van der Waals surface area contributed by atoms with Gasteiger partial charge in [-0.3, -0.25) is 4.90 Å². The molecule has 0 aliphatic carbocycles. The number of anilines is 1. The molecule has 0 saturated heterocycles. The molecule has 3 heterocycles. The van der Waals surface area contributed by atoms with E-state index in [9.17, 15) is 0 Å². The second-order valence-electron chi connectivity index (χ2n) is 8.81. The Labute approximate surface area is 209 Å². The minimum Gasteiger partial charge on any atom is -0.351 e. The molecule has 0 amide bonds. The van der Waals surface area contributed by atoms with Gasteiger partial charge in [-0.2, -0.15) is 4.98 Å². The predicted molar refractivity (Wildman–Crippen MR) is 143 cm³/mol. The van der Waals surface area contributed by atoms with Crippen molar-refractivity contribution in [3.05, 3.63) is 93.3 Å². The zero-order chi connectivity index (χ0) is 24.0. The third kappa shape index (κ3) is 4.06. The first-order valence-corrected chi connectivity index (χ1v) is 12.5. The molecule has 2 aromatic heterocycles. The van der Waals surface area contributed by atoms with Crippen LogP contribution in [0.2, 0.25) is 0 Å². The second-order valence-corrected chi connectivity index (χ2v) is 10.1. The van der Waals surface area contributed by atoms with E-state index in [2.05, 4.69) is 86.4 Å². The highest BCUT2D eigenvalue weighted by Crippen LogP contribution is 2.40. The average molecular weight is 487 g/mol. The van der Waals surface area contributed by atoms with E-state index in [1.54, 1.807) is 11.3 Å². The Morgan fingerprint density at radius 3 is 2.41 bits per heavy atom. The van der Waals surface area contributed by atoms with Gasteiger partial charge >= 0.3 is 0 Å². The monoisotopic (exact) mass is 486 g/mol. The molecule has 0 spiro atoms. The molecule has 172 valence electrons. The van der Waals surface area contributed by atoms with Crippen molar-refractivity contribution in [2.45, 2.75) is 40.7 Å².